The molecule has 6 rings (SSSR count). The number of nitrogens with zero attached hydrogens (tertiary/aromatic N) is 2. The monoisotopic (exact) mass is 570 g/mol. The van der Waals surface area contributed by atoms with Gasteiger partial charge in [0.05, 0.1) is 24.2 Å². The SMILES string of the molecule is CN1CCN(C(=O)[C@]23CCC(C)(C)CC2C2=CCC4[C@@]5(C)C[C@@H](O)[C@H](O)[C@@](C)(CO)C5CC[C@@]4(C)[C@]2(C)CC3)CC1. The van der Waals surface area contributed by atoms with Crippen LogP contribution in [0.3, 0.4) is 0 Å². The molecule has 6 aliphatic rings. The Labute approximate surface area is 248 Å². The summed E-state index contributed by atoms with van der Waals surface area (Å²) in [4.78, 5) is 19.1. The summed E-state index contributed by atoms with van der Waals surface area (Å²) in [5.74, 6) is 1.26. The molecule has 232 valence electrons. The van der Waals surface area contributed by atoms with Crippen molar-refractivity contribution < 1.29 is 20.1 Å². The fraction of sp³-hybridized carbons (Fsp3) is 0.914. The van der Waals surface area contributed by atoms with Crippen molar-refractivity contribution in [3.05, 3.63) is 11.6 Å². The van der Waals surface area contributed by atoms with Gasteiger partial charge in [0.15, 0.2) is 0 Å². The Morgan fingerprint density at radius 2 is 1.56 bits per heavy atom. The number of rotatable bonds is 2. The molecule has 6 heteroatoms. The third-order valence-electron chi connectivity index (χ3n) is 14.9. The fourth-order valence-corrected chi connectivity index (χ4v) is 12.1. The van der Waals surface area contributed by atoms with Crippen LogP contribution in [0.5, 0.6) is 0 Å². The van der Waals surface area contributed by atoms with Crippen LogP contribution in [0.4, 0.5) is 0 Å². The molecule has 6 nitrogen and oxygen atoms in total. The molecule has 0 radical (unpaired) electrons. The van der Waals surface area contributed by atoms with Crippen LogP contribution in [-0.4, -0.2) is 83.1 Å². The van der Waals surface area contributed by atoms with Crippen LogP contribution in [-0.2, 0) is 4.79 Å². The highest BCUT2D eigenvalue weighted by molar-refractivity contribution is 5.84. The van der Waals surface area contributed by atoms with Gasteiger partial charge in [-0.3, -0.25) is 4.79 Å². The van der Waals surface area contributed by atoms with Gasteiger partial charge in [-0.2, -0.15) is 0 Å². The highest BCUT2D eigenvalue weighted by atomic mass is 16.3. The largest absolute Gasteiger partial charge is 0.396 e. The third-order valence-corrected chi connectivity index (χ3v) is 14.9. The zero-order valence-electron chi connectivity index (χ0n) is 27.0. The van der Waals surface area contributed by atoms with Gasteiger partial charge in [0.25, 0.3) is 0 Å². The summed E-state index contributed by atoms with van der Waals surface area (Å²) in [7, 11) is 2.16. The van der Waals surface area contributed by atoms with Crippen LogP contribution >= 0.6 is 0 Å². The molecular formula is C35H58N2O4. The highest BCUT2D eigenvalue weighted by Gasteiger charge is 2.70. The maximum atomic E-state index is 14.6. The minimum absolute atomic E-state index is 0.00448. The van der Waals surface area contributed by atoms with E-state index in [1.54, 1.807) is 5.57 Å². The fourth-order valence-electron chi connectivity index (χ4n) is 12.1. The molecule has 0 spiro atoms. The van der Waals surface area contributed by atoms with Crippen LogP contribution in [0.2, 0.25) is 0 Å². The van der Waals surface area contributed by atoms with E-state index < -0.39 is 17.6 Å². The predicted octanol–water partition coefficient (Wildman–Crippen LogP) is 4.87. The number of likely N-dealkylation sites (N-methyl/N-ethyl adjacent to an activating group) is 1. The first-order chi connectivity index (χ1) is 19.1. The van der Waals surface area contributed by atoms with E-state index >= 15 is 0 Å². The average molecular weight is 571 g/mol. The van der Waals surface area contributed by atoms with Gasteiger partial charge in [0.1, 0.15) is 0 Å². The van der Waals surface area contributed by atoms with Crippen molar-refractivity contribution >= 4 is 5.91 Å². The summed E-state index contributed by atoms with van der Waals surface area (Å²) in [5.41, 5.74) is 0.717. The normalized spacial score (nSPS) is 51.5. The number of carbonyl (C=O) groups excluding carboxylic acids is 1. The van der Waals surface area contributed by atoms with Crippen LogP contribution < -0.4 is 0 Å². The molecule has 41 heavy (non-hydrogen) atoms. The number of piperazine rings is 1. The van der Waals surface area contributed by atoms with Crippen molar-refractivity contribution in [2.24, 2.45) is 50.2 Å². The number of aliphatic hydroxyl groups excluding tert-OH is 3. The number of aliphatic hydroxyl groups is 3. The Hall–Kier alpha value is -0.950. The van der Waals surface area contributed by atoms with E-state index in [1.165, 1.54) is 0 Å². The van der Waals surface area contributed by atoms with E-state index in [0.29, 0.717) is 24.2 Å². The molecule has 3 N–H and O–H groups in total. The Balaban J connectivity index is 1.40. The second kappa shape index (κ2) is 9.52. The molecule has 0 aromatic carbocycles. The Bertz CT molecular complexity index is 1100. The summed E-state index contributed by atoms with van der Waals surface area (Å²) in [6.07, 6.45) is 9.70. The van der Waals surface area contributed by atoms with Gasteiger partial charge in [-0.05, 0) is 104 Å². The van der Waals surface area contributed by atoms with Gasteiger partial charge >= 0.3 is 0 Å². The second-order valence-electron chi connectivity index (χ2n) is 17.3. The molecule has 1 amide bonds. The van der Waals surface area contributed by atoms with Gasteiger partial charge in [0.2, 0.25) is 5.91 Å². The lowest BCUT2D eigenvalue weighted by molar-refractivity contribution is -0.243. The molecular weight excluding hydrogens is 512 g/mol. The number of carbonyl (C=O) groups is 1. The lowest BCUT2D eigenvalue weighted by Crippen LogP contribution is -2.68. The van der Waals surface area contributed by atoms with Gasteiger partial charge < -0.3 is 25.1 Å². The third kappa shape index (κ3) is 3.98. The quantitative estimate of drug-likeness (QED) is 0.413. The van der Waals surface area contributed by atoms with Crippen LogP contribution in [0.25, 0.3) is 0 Å². The molecule has 1 saturated heterocycles. The highest BCUT2D eigenvalue weighted by Crippen LogP contribution is 2.75. The maximum absolute atomic E-state index is 14.6. The summed E-state index contributed by atoms with van der Waals surface area (Å²) in [6, 6.07) is 0. The molecule has 10 atom stereocenters. The predicted molar refractivity (Wildman–Crippen MR) is 162 cm³/mol. The lowest BCUT2D eigenvalue weighted by atomic mass is 9.33. The van der Waals surface area contributed by atoms with Crippen LogP contribution in [0, 0.1) is 50.2 Å². The second-order valence-corrected chi connectivity index (χ2v) is 17.3. The van der Waals surface area contributed by atoms with E-state index in [1.807, 2.05) is 6.92 Å². The molecule has 0 bridgehead atoms. The topological polar surface area (TPSA) is 84.2 Å². The Kier molecular flexibility index (Phi) is 6.99. The number of allylic oxidation sites excluding steroid dienone is 2. The molecule has 0 aromatic rings. The van der Waals surface area contributed by atoms with Gasteiger partial charge in [-0.1, -0.05) is 53.2 Å². The van der Waals surface area contributed by atoms with E-state index in [0.717, 1.165) is 77.5 Å². The summed E-state index contributed by atoms with van der Waals surface area (Å²) >= 11 is 0. The summed E-state index contributed by atoms with van der Waals surface area (Å²) < 4.78 is 0. The number of amides is 1. The molecule has 1 aliphatic heterocycles. The molecule has 3 unspecified atom stereocenters. The molecule has 5 aliphatic carbocycles. The zero-order valence-corrected chi connectivity index (χ0v) is 27.0. The minimum atomic E-state index is -0.888. The van der Waals surface area contributed by atoms with Crippen LogP contribution in [0.1, 0.15) is 99.3 Å². The first kappa shape index (κ1) is 30.1. The number of hydrogen-bond acceptors (Lipinski definition) is 5. The molecule has 4 saturated carbocycles. The smallest absolute Gasteiger partial charge is 0.229 e. The van der Waals surface area contributed by atoms with Gasteiger partial charge in [0, 0.05) is 31.6 Å². The van der Waals surface area contributed by atoms with Crippen molar-refractivity contribution in [3.63, 3.8) is 0 Å². The van der Waals surface area contributed by atoms with Gasteiger partial charge in [-0.15, -0.1) is 0 Å². The Morgan fingerprint density at radius 3 is 2.22 bits per heavy atom. The molecule has 0 aromatic heterocycles. The van der Waals surface area contributed by atoms with Crippen molar-refractivity contribution in [2.75, 3.05) is 39.8 Å². The summed E-state index contributed by atoms with van der Waals surface area (Å²) in [6.45, 7) is 17.8. The van der Waals surface area contributed by atoms with E-state index in [-0.39, 0.29) is 39.6 Å². The Morgan fingerprint density at radius 1 is 0.902 bits per heavy atom. The summed E-state index contributed by atoms with van der Waals surface area (Å²) in [5, 5.41) is 32.8. The number of fused-ring (bicyclic) bond motifs is 7. The van der Waals surface area contributed by atoms with Crippen molar-refractivity contribution in [3.8, 4) is 0 Å². The van der Waals surface area contributed by atoms with Gasteiger partial charge in [-0.25, -0.2) is 0 Å². The molecule has 5 fully saturated rings. The zero-order chi connectivity index (χ0) is 29.8. The van der Waals surface area contributed by atoms with E-state index in [4.69, 9.17) is 0 Å². The first-order valence-electron chi connectivity index (χ1n) is 16.7. The van der Waals surface area contributed by atoms with Crippen molar-refractivity contribution in [2.45, 2.75) is 112 Å². The lowest BCUT2D eigenvalue weighted by Gasteiger charge is -2.71. The first-order valence-corrected chi connectivity index (χ1v) is 16.7. The van der Waals surface area contributed by atoms with Crippen molar-refractivity contribution in [1.29, 1.82) is 0 Å². The minimum Gasteiger partial charge on any atom is -0.396 e. The van der Waals surface area contributed by atoms with E-state index in [2.05, 4.69) is 57.5 Å². The van der Waals surface area contributed by atoms with Crippen LogP contribution in [0.15, 0.2) is 11.6 Å². The standard InChI is InChI=1S/C35H58N2O4/c1-30(2)12-14-35(29(41)37-18-16-36(7)17-19-37)15-13-33(5)23(24(35)20-30)8-9-27-31(3)21-25(39)28(40)32(4,22-38)26(31)10-11-34(27,33)6/h8,24-28,38-40H,9-22H2,1-7H3/t24?,25-,26?,27?,28+,31+,32+,33-,34-,35+/m1/s1. The molecule has 1 heterocycles. The van der Waals surface area contributed by atoms with E-state index in [9.17, 15) is 20.1 Å². The maximum Gasteiger partial charge on any atom is 0.229 e. The average Bonchev–Trinajstić information content (AvgIpc) is 2.92. The van der Waals surface area contributed by atoms with Crippen molar-refractivity contribution in [1.82, 2.24) is 9.80 Å². The number of hydrogen-bond donors (Lipinski definition) is 3.